The molecule has 1 N–H and O–H groups in total. The molecule has 1 aliphatic carbocycles. The van der Waals surface area contributed by atoms with Gasteiger partial charge in [0.05, 0.1) is 11.7 Å². The van der Waals surface area contributed by atoms with Gasteiger partial charge in [0.2, 0.25) is 0 Å². The first kappa shape index (κ1) is 10.4. The number of nitrogens with zero attached hydrogens (tertiary/aromatic N) is 2. The molecular formula is C11H17N3O. The van der Waals surface area contributed by atoms with E-state index in [4.69, 9.17) is 0 Å². The summed E-state index contributed by atoms with van der Waals surface area (Å²) in [5.41, 5.74) is 2.08. The summed E-state index contributed by atoms with van der Waals surface area (Å²) in [6.07, 6.45) is 4.46. The molecule has 82 valence electrons. The Bertz CT molecular complexity index is 397. The summed E-state index contributed by atoms with van der Waals surface area (Å²) in [6, 6.07) is 2.05. The van der Waals surface area contributed by atoms with Gasteiger partial charge in [-0.25, -0.2) is 5.10 Å². The first-order valence-electron chi connectivity index (χ1n) is 5.43. The van der Waals surface area contributed by atoms with Crippen LogP contribution in [0.5, 0.6) is 0 Å². The van der Waals surface area contributed by atoms with Crippen LogP contribution in [-0.4, -0.2) is 29.2 Å². The Labute approximate surface area is 89.3 Å². The van der Waals surface area contributed by atoms with Gasteiger partial charge in [-0.1, -0.05) is 6.42 Å². The average Bonchev–Trinajstić information content (AvgIpc) is 2.38. The second-order valence-corrected chi connectivity index (χ2v) is 4.37. The number of hydrogen-bond acceptors (Lipinski definition) is 3. The van der Waals surface area contributed by atoms with Crippen LogP contribution in [0.25, 0.3) is 0 Å². The molecule has 0 saturated carbocycles. The third-order valence-corrected chi connectivity index (χ3v) is 3.03. The molecule has 1 aliphatic rings. The fourth-order valence-corrected chi connectivity index (χ4v) is 2.23. The zero-order valence-corrected chi connectivity index (χ0v) is 9.29. The van der Waals surface area contributed by atoms with Crippen molar-refractivity contribution in [2.45, 2.75) is 31.7 Å². The molecule has 0 radical (unpaired) electrons. The van der Waals surface area contributed by atoms with E-state index in [0.717, 1.165) is 30.5 Å². The van der Waals surface area contributed by atoms with E-state index < -0.39 is 0 Å². The average molecular weight is 207 g/mol. The van der Waals surface area contributed by atoms with Gasteiger partial charge in [0.25, 0.3) is 5.56 Å². The number of aromatic nitrogens is 2. The number of aryl methyl sites for hydroxylation is 1. The topological polar surface area (TPSA) is 49.0 Å². The summed E-state index contributed by atoms with van der Waals surface area (Å²) in [6.45, 7) is 0. The van der Waals surface area contributed by atoms with E-state index >= 15 is 0 Å². The Morgan fingerprint density at radius 3 is 3.00 bits per heavy atom. The predicted molar refractivity (Wildman–Crippen MR) is 58.8 cm³/mol. The van der Waals surface area contributed by atoms with Crippen molar-refractivity contribution in [2.24, 2.45) is 0 Å². The highest BCUT2D eigenvalue weighted by Gasteiger charge is 2.22. The van der Waals surface area contributed by atoms with Crippen LogP contribution in [0.1, 0.15) is 36.6 Å². The number of aromatic amines is 1. The van der Waals surface area contributed by atoms with Crippen molar-refractivity contribution in [3.63, 3.8) is 0 Å². The van der Waals surface area contributed by atoms with Crippen LogP contribution in [0.4, 0.5) is 0 Å². The van der Waals surface area contributed by atoms with Crippen molar-refractivity contribution in [1.29, 1.82) is 0 Å². The van der Waals surface area contributed by atoms with E-state index in [-0.39, 0.29) is 5.56 Å². The Morgan fingerprint density at radius 1 is 1.47 bits per heavy atom. The Morgan fingerprint density at radius 2 is 2.27 bits per heavy atom. The highest BCUT2D eigenvalue weighted by molar-refractivity contribution is 5.22. The van der Waals surface area contributed by atoms with Crippen LogP contribution in [0.2, 0.25) is 0 Å². The number of nitrogens with one attached hydrogen (secondary N) is 1. The lowest BCUT2D eigenvalue weighted by atomic mass is 10.1. The lowest BCUT2D eigenvalue weighted by Crippen LogP contribution is -2.23. The van der Waals surface area contributed by atoms with E-state index in [1.165, 1.54) is 6.42 Å². The number of fused-ring (bicyclic) bond motifs is 1. The van der Waals surface area contributed by atoms with Crippen molar-refractivity contribution in [1.82, 2.24) is 15.1 Å². The SMILES string of the molecule is CN(C)[C@H]1CCCCc2cc(=O)[nH]nc21. The zero-order chi connectivity index (χ0) is 10.8. The third-order valence-electron chi connectivity index (χ3n) is 3.03. The standard InChI is InChI=1S/C11H17N3O/c1-14(2)9-6-4-3-5-8-7-10(15)12-13-11(8)9/h7,9H,3-6H2,1-2H3,(H,12,15)/t9-/m0/s1. The maximum atomic E-state index is 11.2. The van der Waals surface area contributed by atoms with Crippen LogP contribution in [0, 0.1) is 0 Å². The smallest absolute Gasteiger partial charge is 0.264 e. The van der Waals surface area contributed by atoms with E-state index in [1.807, 2.05) is 0 Å². The summed E-state index contributed by atoms with van der Waals surface area (Å²) in [5.74, 6) is 0. The highest BCUT2D eigenvalue weighted by Crippen LogP contribution is 2.28. The first-order valence-corrected chi connectivity index (χ1v) is 5.43. The zero-order valence-electron chi connectivity index (χ0n) is 9.29. The molecule has 1 atom stereocenters. The molecule has 0 unspecified atom stereocenters. The van der Waals surface area contributed by atoms with Gasteiger partial charge >= 0.3 is 0 Å². The van der Waals surface area contributed by atoms with E-state index in [1.54, 1.807) is 6.07 Å². The quantitative estimate of drug-likeness (QED) is 0.701. The second-order valence-electron chi connectivity index (χ2n) is 4.37. The van der Waals surface area contributed by atoms with Crippen LogP contribution in [0.15, 0.2) is 10.9 Å². The van der Waals surface area contributed by atoms with E-state index in [0.29, 0.717) is 6.04 Å². The molecule has 15 heavy (non-hydrogen) atoms. The lowest BCUT2D eigenvalue weighted by Gasteiger charge is -2.23. The number of hydrogen-bond donors (Lipinski definition) is 1. The van der Waals surface area contributed by atoms with Crippen molar-refractivity contribution < 1.29 is 0 Å². The predicted octanol–water partition coefficient (Wildman–Crippen LogP) is 1.10. The van der Waals surface area contributed by atoms with Crippen LogP contribution in [0.3, 0.4) is 0 Å². The molecule has 1 aromatic heterocycles. The molecule has 4 heteroatoms. The van der Waals surface area contributed by atoms with Gasteiger partial charge in [-0.15, -0.1) is 0 Å². The van der Waals surface area contributed by atoms with Gasteiger partial charge in [0, 0.05) is 6.07 Å². The molecule has 0 aromatic carbocycles. The molecule has 1 heterocycles. The van der Waals surface area contributed by atoms with Crippen molar-refractivity contribution in [3.05, 3.63) is 27.7 Å². The van der Waals surface area contributed by atoms with E-state index in [9.17, 15) is 4.79 Å². The van der Waals surface area contributed by atoms with Gasteiger partial charge in [-0.05, 0) is 38.9 Å². The summed E-state index contributed by atoms with van der Waals surface area (Å²) in [4.78, 5) is 13.4. The molecule has 0 saturated heterocycles. The van der Waals surface area contributed by atoms with Gasteiger partial charge in [0.1, 0.15) is 0 Å². The van der Waals surface area contributed by atoms with Gasteiger partial charge in [-0.3, -0.25) is 4.79 Å². The minimum Gasteiger partial charge on any atom is -0.301 e. The molecule has 0 fully saturated rings. The van der Waals surface area contributed by atoms with Gasteiger partial charge in [0.15, 0.2) is 0 Å². The number of rotatable bonds is 1. The Kier molecular flexibility index (Phi) is 2.86. The summed E-state index contributed by atoms with van der Waals surface area (Å²) in [7, 11) is 4.12. The molecule has 0 bridgehead atoms. The van der Waals surface area contributed by atoms with Gasteiger partial charge < -0.3 is 4.90 Å². The third kappa shape index (κ3) is 2.09. The maximum absolute atomic E-state index is 11.2. The molecule has 1 aromatic rings. The summed E-state index contributed by atoms with van der Waals surface area (Å²) in [5, 5.41) is 6.74. The van der Waals surface area contributed by atoms with Crippen molar-refractivity contribution in [3.8, 4) is 0 Å². The minimum absolute atomic E-state index is 0.0897. The Hall–Kier alpha value is -1.16. The lowest BCUT2D eigenvalue weighted by molar-refractivity contribution is 0.275. The van der Waals surface area contributed by atoms with Crippen molar-refractivity contribution in [2.75, 3.05) is 14.1 Å². The fourth-order valence-electron chi connectivity index (χ4n) is 2.23. The summed E-state index contributed by atoms with van der Waals surface area (Å²) >= 11 is 0. The first-order chi connectivity index (χ1) is 7.18. The fraction of sp³-hybridized carbons (Fsp3) is 0.636. The normalized spacial score (nSPS) is 21.1. The number of H-pyrrole nitrogens is 1. The van der Waals surface area contributed by atoms with Gasteiger partial charge in [-0.2, -0.15) is 5.10 Å². The molecular weight excluding hydrogens is 190 g/mol. The molecule has 0 spiro atoms. The monoisotopic (exact) mass is 207 g/mol. The van der Waals surface area contributed by atoms with Crippen molar-refractivity contribution >= 4 is 0 Å². The van der Waals surface area contributed by atoms with Crippen LogP contribution in [-0.2, 0) is 6.42 Å². The Balaban J connectivity index is 2.45. The van der Waals surface area contributed by atoms with Crippen LogP contribution < -0.4 is 5.56 Å². The van der Waals surface area contributed by atoms with Crippen LogP contribution >= 0.6 is 0 Å². The highest BCUT2D eigenvalue weighted by atomic mass is 16.1. The second kappa shape index (κ2) is 4.14. The molecule has 2 rings (SSSR count). The maximum Gasteiger partial charge on any atom is 0.264 e. The molecule has 0 amide bonds. The minimum atomic E-state index is -0.0897. The summed E-state index contributed by atoms with van der Waals surface area (Å²) < 4.78 is 0. The molecule has 4 nitrogen and oxygen atoms in total. The largest absolute Gasteiger partial charge is 0.301 e. The van der Waals surface area contributed by atoms with E-state index in [2.05, 4.69) is 29.2 Å². The molecule has 0 aliphatic heterocycles.